The maximum Gasteiger partial charge on any atom is 0.205 e. The molecule has 0 spiro atoms. The number of allylic oxidation sites excluding steroid dienone is 3. The molecule has 1 nitrogen and oxygen atoms in total. The first-order chi connectivity index (χ1) is 6.40. The first kappa shape index (κ1) is 21.0. The molecule has 2 radical (unpaired) electrons. The second-order valence-electron chi connectivity index (χ2n) is 3.78. The molecule has 0 aliphatic rings. The average Bonchev–Trinajstić information content (AvgIpc) is 2.04. The molecule has 0 unspecified atom stereocenters. The van der Waals surface area contributed by atoms with Gasteiger partial charge in [-0.25, -0.2) is 18.6 Å². The van der Waals surface area contributed by atoms with Crippen molar-refractivity contribution >= 4 is 9.04 Å². The van der Waals surface area contributed by atoms with Crippen LogP contribution >= 0.6 is 0 Å². The van der Waals surface area contributed by atoms with Crippen LogP contribution in [-0.4, -0.2) is 15.6 Å². The number of rotatable bonds is 3. The molecule has 0 fully saturated rings. The molecule has 0 atom stereocenters. The molecule has 0 saturated carbocycles. The molecule has 0 N–H and O–H groups in total. The largest absolute Gasteiger partial charge is 0.414 e. The topological polar surface area (TPSA) is 9.23 Å². The summed E-state index contributed by atoms with van der Waals surface area (Å²) in [4.78, 5) is 0. The van der Waals surface area contributed by atoms with E-state index in [0.717, 1.165) is 6.61 Å². The quantitative estimate of drug-likeness (QED) is 0.435. The monoisotopic (exact) mass is 301 g/mol. The summed E-state index contributed by atoms with van der Waals surface area (Å²) in [7, 11) is -0.475. The maximum absolute atomic E-state index is 5.38. The molecule has 0 aliphatic carbocycles. The minimum atomic E-state index is -0.475. The Morgan fingerprint density at radius 2 is 1.53 bits per heavy atom. The third kappa shape index (κ3) is 31.3. The molecular formula is C12H24OSiY-. The van der Waals surface area contributed by atoms with Gasteiger partial charge in [-0.3, -0.25) is 0 Å². The van der Waals surface area contributed by atoms with Crippen molar-refractivity contribution < 1.29 is 37.1 Å². The predicted octanol–water partition coefficient (Wildman–Crippen LogP) is 4.00. The summed E-state index contributed by atoms with van der Waals surface area (Å²) < 4.78 is 5.38. The first-order valence-corrected chi connectivity index (χ1v) is 7.29. The van der Waals surface area contributed by atoms with Crippen LogP contribution in [-0.2, 0) is 37.1 Å². The number of hydrogen-bond donors (Lipinski definition) is 0. The predicted molar refractivity (Wildman–Crippen MR) is 67.7 cm³/mol. The van der Waals surface area contributed by atoms with E-state index in [2.05, 4.69) is 39.9 Å². The van der Waals surface area contributed by atoms with E-state index in [4.69, 9.17) is 4.43 Å². The molecule has 0 aromatic rings. The summed E-state index contributed by atoms with van der Waals surface area (Å²) in [6, 6.07) is 0. The van der Waals surface area contributed by atoms with E-state index < -0.39 is 9.04 Å². The molecule has 0 amide bonds. The van der Waals surface area contributed by atoms with Gasteiger partial charge < -0.3 is 4.43 Å². The third-order valence-corrected chi connectivity index (χ3v) is 2.02. The Bertz CT molecular complexity index is 178. The van der Waals surface area contributed by atoms with Gasteiger partial charge in [0.15, 0.2) is 0 Å². The maximum atomic E-state index is 5.38. The van der Waals surface area contributed by atoms with Gasteiger partial charge in [0.25, 0.3) is 0 Å². The Kier molecular flexibility index (Phi) is 20.5. The fraction of sp³-hybridized carbons (Fsp3) is 0.583. The van der Waals surface area contributed by atoms with Crippen LogP contribution in [0, 0.1) is 6.92 Å². The Hall–Kier alpha value is 0.631. The van der Waals surface area contributed by atoms with Crippen molar-refractivity contribution in [3.63, 3.8) is 0 Å². The van der Waals surface area contributed by atoms with Crippen LogP contribution in [0.3, 0.4) is 0 Å². The van der Waals surface area contributed by atoms with Crippen LogP contribution in [0.15, 0.2) is 23.3 Å². The molecule has 0 bridgehead atoms. The molecular weight excluding hydrogens is 277 g/mol. The van der Waals surface area contributed by atoms with Crippen LogP contribution in [0.1, 0.15) is 27.7 Å². The Balaban J connectivity index is -0.000000208. The van der Waals surface area contributed by atoms with Gasteiger partial charge in [0.05, 0.1) is 6.61 Å². The van der Waals surface area contributed by atoms with Crippen molar-refractivity contribution in [3.8, 4) is 0 Å². The van der Waals surface area contributed by atoms with Crippen molar-refractivity contribution in [3.05, 3.63) is 30.2 Å². The van der Waals surface area contributed by atoms with Gasteiger partial charge in [-0.1, -0.05) is 11.6 Å². The van der Waals surface area contributed by atoms with E-state index in [9.17, 15) is 0 Å². The normalized spacial score (nSPS) is 8.20. The standard InChI is InChI=1S/C7H15OSi.C5H9.Y/c1-7(2)5-6-8-9(3)4;1-4-5(2)3;/h5H,6H2,1-4H3;4H,1H2,2-3H3;/q;-1;. The summed E-state index contributed by atoms with van der Waals surface area (Å²) in [6.07, 6.45) is 3.94. The zero-order chi connectivity index (χ0) is 11.6. The Morgan fingerprint density at radius 3 is 1.73 bits per heavy atom. The fourth-order valence-corrected chi connectivity index (χ4v) is 0.792. The summed E-state index contributed by atoms with van der Waals surface area (Å²) in [5, 5.41) is 0. The molecule has 0 aromatic carbocycles. The first-order valence-electron chi connectivity index (χ1n) is 4.89. The zero-order valence-corrected chi connectivity index (χ0v) is 14.9. The Morgan fingerprint density at radius 1 is 1.13 bits per heavy atom. The molecule has 0 aliphatic heterocycles. The van der Waals surface area contributed by atoms with Crippen molar-refractivity contribution in [2.45, 2.75) is 40.8 Å². The zero-order valence-electron chi connectivity index (χ0n) is 11.1. The van der Waals surface area contributed by atoms with Crippen LogP contribution in [0.4, 0.5) is 0 Å². The van der Waals surface area contributed by atoms with Crippen molar-refractivity contribution in [2.75, 3.05) is 6.61 Å². The third-order valence-electron chi connectivity index (χ3n) is 1.27. The van der Waals surface area contributed by atoms with Gasteiger partial charge in [-0.2, -0.15) is 0 Å². The molecule has 3 heteroatoms. The van der Waals surface area contributed by atoms with Gasteiger partial charge in [0.1, 0.15) is 0 Å². The van der Waals surface area contributed by atoms with Crippen LogP contribution in [0.5, 0.6) is 0 Å². The van der Waals surface area contributed by atoms with E-state index in [1.54, 1.807) is 0 Å². The molecule has 0 rings (SSSR count). The van der Waals surface area contributed by atoms with Crippen LogP contribution in [0.25, 0.3) is 0 Å². The van der Waals surface area contributed by atoms with Gasteiger partial charge >= 0.3 is 0 Å². The second kappa shape index (κ2) is 14.6. The minimum absolute atomic E-state index is 0. The SMILES string of the molecule is CC(C)=CCO[Si](C)C.[CH2-]C=C(C)C.[Y]. The fourth-order valence-electron chi connectivity index (χ4n) is 0.375. The van der Waals surface area contributed by atoms with Gasteiger partial charge in [-0.05, 0) is 26.9 Å². The summed E-state index contributed by atoms with van der Waals surface area (Å²) >= 11 is 0. The Labute approximate surface area is 123 Å². The minimum Gasteiger partial charge on any atom is -0.414 e. The summed E-state index contributed by atoms with van der Waals surface area (Å²) in [5.41, 5.74) is 2.60. The summed E-state index contributed by atoms with van der Waals surface area (Å²) in [6.45, 7) is 16.8. The molecule has 86 valence electrons. The number of hydrogen-bond acceptors (Lipinski definition) is 1. The van der Waals surface area contributed by atoms with Gasteiger partial charge in [0, 0.05) is 32.7 Å². The van der Waals surface area contributed by atoms with Crippen LogP contribution in [0.2, 0.25) is 13.1 Å². The molecule has 0 heterocycles. The molecule has 15 heavy (non-hydrogen) atoms. The van der Waals surface area contributed by atoms with Crippen LogP contribution < -0.4 is 0 Å². The van der Waals surface area contributed by atoms with Gasteiger partial charge in [-0.15, -0.1) is 13.8 Å². The van der Waals surface area contributed by atoms with E-state index in [1.165, 1.54) is 11.1 Å². The van der Waals surface area contributed by atoms with Crippen molar-refractivity contribution in [1.29, 1.82) is 0 Å². The molecule has 0 saturated heterocycles. The van der Waals surface area contributed by atoms with Crippen molar-refractivity contribution in [1.82, 2.24) is 0 Å². The van der Waals surface area contributed by atoms with E-state index in [0.29, 0.717) is 0 Å². The summed E-state index contributed by atoms with van der Waals surface area (Å²) in [5.74, 6) is 0. The van der Waals surface area contributed by atoms with Crippen molar-refractivity contribution in [2.24, 2.45) is 0 Å². The second-order valence-corrected chi connectivity index (χ2v) is 5.89. The molecule has 0 aromatic heterocycles. The van der Waals surface area contributed by atoms with E-state index in [-0.39, 0.29) is 32.7 Å². The van der Waals surface area contributed by atoms with E-state index in [1.807, 2.05) is 19.9 Å². The average molecular weight is 301 g/mol. The van der Waals surface area contributed by atoms with E-state index >= 15 is 0 Å². The smallest absolute Gasteiger partial charge is 0.205 e. The van der Waals surface area contributed by atoms with Gasteiger partial charge in [0.2, 0.25) is 9.04 Å².